The summed E-state index contributed by atoms with van der Waals surface area (Å²) in [6.45, 7) is 1.16. The molecule has 0 fully saturated rings. The minimum Gasteiger partial charge on any atom is -0.344 e. The lowest BCUT2D eigenvalue weighted by molar-refractivity contribution is -0.141. The molecule has 124 valence electrons. The van der Waals surface area contributed by atoms with Gasteiger partial charge in [-0.2, -0.15) is 13.2 Å². The molecule has 0 spiro atoms. The predicted molar refractivity (Wildman–Crippen MR) is 79.4 cm³/mol. The fraction of sp³-hybridized carbons (Fsp3) is 0.500. The average Bonchev–Trinajstić information content (AvgIpc) is 2.91. The van der Waals surface area contributed by atoms with Crippen molar-refractivity contribution < 1.29 is 13.2 Å². The molecule has 0 saturated heterocycles. The second-order valence-electron chi connectivity index (χ2n) is 5.68. The predicted octanol–water partition coefficient (Wildman–Crippen LogP) is 3.04. The zero-order valence-corrected chi connectivity index (χ0v) is 13.1. The minimum atomic E-state index is -4.40. The van der Waals surface area contributed by atoms with Crippen molar-refractivity contribution in [2.75, 3.05) is 18.5 Å². The quantitative estimate of drug-likeness (QED) is 0.858. The molecular formula is C14H15ClF3N5. The summed E-state index contributed by atoms with van der Waals surface area (Å²) in [7, 11) is 1.85. The van der Waals surface area contributed by atoms with E-state index < -0.39 is 11.9 Å². The summed E-state index contributed by atoms with van der Waals surface area (Å²) >= 11 is 5.76. The number of hydrogen-bond acceptors (Lipinski definition) is 4. The molecule has 0 saturated carbocycles. The molecule has 5 nitrogen and oxygen atoms in total. The second kappa shape index (κ2) is 5.99. The van der Waals surface area contributed by atoms with Crippen LogP contribution in [0.25, 0.3) is 0 Å². The van der Waals surface area contributed by atoms with E-state index in [1.54, 1.807) is 4.57 Å². The highest BCUT2D eigenvalue weighted by atomic mass is 35.5. The van der Waals surface area contributed by atoms with Crippen molar-refractivity contribution in [2.24, 2.45) is 5.92 Å². The maximum absolute atomic E-state index is 12.7. The first-order valence-corrected chi connectivity index (χ1v) is 7.52. The Morgan fingerprint density at radius 1 is 1.35 bits per heavy atom. The summed E-state index contributed by atoms with van der Waals surface area (Å²) in [6, 6.07) is 0. The van der Waals surface area contributed by atoms with E-state index in [9.17, 15) is 13.2 Å². The molecule has 0 aliphatic carbocycles. The van der Waals surface area contributed by atoms with Gasteiger partial charge in [0.1, 0.15) is 5.82 Å². The molecule has 0 N–H and O–H groups in total. The molecule has 9 heteroatoms. The van der Waals surface area contributed by atoms with Gasteiger partial charge in [0.05, 0.1) is 17.4 Å². The van der Waals surface area contributed by atoms with E-state index in [1.165, 1.54) is 12.4 Å². The van der Waals surface area contributed by atoms with E-state index in [0.29, 0.717) is 36.3 Å². The monoisotopic (exact) mass is 345 g/mol. The average molecular weight is 346 g/mol. The maximum Gasteiger partial charge on any atom is 0.434 e. The standard InChI is InChI=1S/C14H15ClF3N5/c1-22(13-19-4-10(15)5-20-13)6-9-2-3-12-21-11(14(16,17)18)8-23(12)7-9/h4-5,8-9H,2-3,6-7H2,1H3. The zero-order chi connectivity index (χ0) is 16.6. The topological polar surface area (TPSA) is 46.8 Å². The van der Waals surface area contributed by atoms with Crippen LogP contribution in [-0.4, -0.2) is 33.1 Å². The summed E-state index contributed by atoms with van der Waals surface area (Å²) < 4.78 is 39.8. The number of nitrogens with zero attached hydrogens (tertiary/aromatic N) is 5. The van der Waals surface area contributed by atoms with Crippen LogP contribution < -0.4 is 4.90 Å². The minimum absolute atomic E-state index is 0.210. The van der Waals surface area contributed by atoms with E-state index in [0.717, 1.165) is 12.6 Å². The Morgan fingerprint density at radius 2 is 2.04 bits per heavy atom. The van der Waals surface area contributed by atoms with Crippen molar-refractivity contribution >= 4 is 17.5 Å². The molecule has 0 amide bonds. The van der Waals surface area contributed by atoms with Gasteiger partial charge >= 0.3 is 6.18 Å². The van der Waals surface area contributed by atoms with E-state index in [4.69, 9.17) is 11.6 Å². The highest BCUT2D eigenvalue weighted by Crippen LogP contribution is 2.31. The molecule has 1 unspecified atom stereocenters. The lowest BCUT2D eigenvalue weighted by atomic mass is 9.99. The molecule has 1 atom stereocenters. The molecular weight excluding hydrogens is 331 g/mol. The van der Waals surface area contributed by atoms with Crippen molar-refractivity contribution in [1.29, 1.82) is 0 Å². The Labute approximate surface area is 136 Å². The van der Waals surface area contributed by atoms with Crippen LogP contribution in [-0.2, 0) is 19.1 Å². The third-order valence-corrected chi connectivity index (χ3v) is 4.06. The Bertz CT molecular complexity index is 683. The smallest absolute Gasteiger partial charge is 0.344 e. The number of alkyl halides is 3. The molecule has 0 bridgehead atoms. The van der Waals surface area contributed by atoms with Crippen LogP contribution in [0.4, 0.5) is 19.1 Å². The maximum atomic E-state index is 12.7. The van der Waals surface area contributed by atoms with Gasteiger partial charge in [0, 0.05) is 32.8 Å². The van der Waals surface area contributed by atoms with E-state index in [-0.39, 0.29) is 5.92 Å². The van der Waals surface area contributed by atoms with Crippen LogP contribution in [0.2, 0.25) is 5.02 Å². The first-order valence-electron chi connectivity index (χ1n) is 7.15. The molecule has 3 heterocycles. The van der Waals surface area contributed by atoms with Crippen LogP contribution in [0.15, 0.2) is 18.6 Å². The van der Waals surface area contributed by atoms with Crippen molar-refractivity contribution in [1.82, 2.24) is 19.5 Å². The van der Waals surface area contributed by atoms with Crippen LogP contribution in [0.5, 0.6) is 0 Å². The van der Waals surface area contributed by atoms with Gasteiger partial charge in [-0.1, -0.05) is 11.6 Å². The lowest BCUT2D eigenvalue weighted by Gasteiger charge is -2.28. The number of aryl methyl sites for hydroxylation is 1. The number of anilines is 1. The summed E-state index contributed by atoms with van der Waals surface area (Å²) in [5, 5.41) is 0.461. The normalized spacial score (nSPS) is 17.9. The van der Waals surface area contributed by atoms with Gasteiger partial charge in [-0.15, -0.1) is 0 Å². The van der Waals surface area contributed by atoms with E-state index >= 15 is 0 Å². The van der Waals surface area contributed by atoms with Gasteiger partial charge < -0.3 is 9.47 Å². The number of imidazole rings is 1. The van der Waals surface area contributed by atoms with Crippen LogP contribution in [0.3, 0.4) is 0 Å². The Kier molecular flexibility index (Phi) is 4.18. The van der Waals surface area contributed by atoms with Crippen LogP contribution in [0.1, 0.15) is 17.9 Å². The lowest BCUT2D eigenvalue weighted by Crippen LogP contribution is -2.32. The third-order valence-electron chi connectivity index (χ3n) is 3.86. The fourth-order valence-corrected chi connectivity index (χ4v) is 2.87. The second-order valence-corrected chi connectivity index (χ2v) is 6.12. The summed E-state index contributed by atoms with van der Waals surface area (Å²) in [5.74, 6) is 1.25. The highest BCUT2D eigenvalue weighted by molar-refractivity contribution is 6.30. The van der Waals surface area contributed by atoms with Gasteiger partial charge in [-0.3, -0.25) is 0 Å². The Balaban J connectivity index is 1.67. The largest absolute Gasteiger partial charge is 0.434 e. The molecule has 23 heavy (non-hydrogen) atoms. The fourth-order valence-electron chi connectivity index (χ4n) is 2.77. The zero-order valence-electron chi connectivity index (χ0n) is 12.4. The molecule has 2 aromatic rings. The first kappa shape index (κ1) is 16.0. The van der Waals surface area contributed by atoms with Crippen LogP contribution in [0, 0.1) is 5.92 Å². The first-order chi connectivity index (χ1) is 10.8. The third kappa shape index (κ3) is 3.57. The number of aromatic nitrogens is 4. The summed E-state index contributed by atoms with van der Waals surface area (Å²) in [6.07, 6.45) is 1.06. The van der Waals surface area contributed by atoms with Gasteiger partial charge in [-0.05, 0) is 12.3 Å². The highest BCUT2D eigenvalue weighted by Gasteiger charge is 2.35. The van der Waals surface area contributed by atoms with Gasteiger partial charge in [0.2, 0.25) is 5.95 Å². The molecule has 1 aliphatic heterocycles. The van der Waals surface area contributed by atoms with Gasteiger partial charge in [0.25, 0.3) is 0 Å². The molecule has 0 radical (unpaired) electrons. The SMILES string of the molecule is CN(CC1CCc2nc(C(F)(F)F)cn2C1)c1ncc(Cl)cn1. The van der Waals surface area contributed by atoms with E-state index in [2.05, 4.69) is 15.0 Å². The molecule has 1 aliphatic rings. The van der Waals surface area contributed by atoms with Gasteiger partial charge in [0.15, 0.2) is 5.69 Å². The van der Waals surface area contributed by atoms with Crippen molar-refractivity contribution in [2.45, 2.75) is 25.6 Å². The summed E-state index contributed by atoms with van der Waals surface area (Å²) in [4.78, 5) is 13.8. The van der Waals surface area contributed by atoms with E-state index in [1.807, 2.05) is 11.9 Å². The number of fused-ring (bicyclic) bond motifs is 1. The van der Waals surface area contributed by atoms with Gasteiger partial charge in [-0.25, -0.2) is 15.0 Å². The summed E-state index contributed by atoms with van der Waals surface area (Å²) in [5.41, 5.74) is -0.817. The van der Waals surface area contributed by atoms with Crippen molar-refractivity contribution in [3.05, 3.63) is 35.1 Å². The Hall–Kier alpha value is -1.83. The van der Waals surface area contributed by atoms with Crippen molar-refractivity contribution in [3.63, 3.8) is 0 Å². The Morgan fingerprint density at radius 3 is 2.70 bits per heavy atom. The molecule has 3 rings (SSSR count). The number of rotatable bonds is 3. The molecule has 2 aromatic heterocycles. The number of halogens is 4. The van der Waals surface area contributed by atoms with Crippen LogP contribution >= 0.6 is 11.6 Å². The molecule has 0 aromatic carbocycles. The number of hydrogen-bond donors (Lipinski definition) is 0. The van der Waals surface area contributed by atoms with Crippen molar-refractivity contribution in [3.8, 4) is 0 Å².